The topological polar surface area (TPSA) is 70.2 Å². The third-order valence-corrected chi connectivity index (χ3v) is 5.51. The molecule has 2 unspecified atom stereocenters. The Morgan fingerprint density at radius 1 is 1.58 bits per heavy atom. The van der Waals surface area contributed by atoms with Crippen molar-refractivity contribution < 1.29 is 9.53 Å². The zero-order valence-corrected chi connectivity index (χ0v) is 15.2. The first kappa shape index (κ1) is 17.1. The molecule has 0 aliphatic carbocycles. The number of ether oxygens (including phenoxy) is 1. The van der Waals surface area contributed by atoms with Crippen LogP contribution in [0.15, 0.2) is 17.5 Å². The highest BCUT2D eigenvalue weighted by Crippen LogP contribution is 2.28. The Hall–Kier alpha value is -1.70. The van der Waals surface area contributed by atoms with Gasteiger partial charge in [-0.25, -0.2) is 0 Å². The number of aromatic amines is 1. The molecule has 7 heteroatoms. The normalized spacial score (nSPS) is 20.0. The van der Waals surface area contributed by atoms with Crippen molar-refractivity contribution in [3.8, 4) is 0 Å². The Morgan fingerprint density at radius 2 is 2.42 bits per heavy atom. The number of morpholine rings is 1. The number of carbonyl (C=O) groups is 1. The van der Waals surface area contributed by atoms with Crippen molar-refractivity contribution in [2.24, 2.45) is 0 Å². The van der Waals surface area contributed by atoms with Crippen molar-refractivity contribution >= 4 is 17.2 Å². The fraction of sp³-hybridized carbons (Fsp3) is 0.529. The van der Waals surface area contributed by atoms with Gasteiger partial charge >= 0.3 is 0 Å². The Kier molecular flexibility index (Phi) is 5.33. The number of amides is 1. The largest absolute Gasteiger partial charge is 0.378 e. The van der Waals surface area contributed by atoms with Crippen LogP contribution in [0.4, 0.5) is 0 Å². The minimum absolute atomic E-state index is 0.0365. The summed E-state index contributed by atoms with van der Waals surface area (Å²) in [6.07, 6.45) is 0. The van der Waals surface area contributed by atoms with E-state index in [4.69, 9.17) is 4.74 Å². The fourth-order valence-electron chi connectivity index (χ4n) is 3.22. The highest BCUT2D eigenvalue weighted by molar-refractivity contribution is 7.10. The van der Waals surface area contributed by atoms with Gasteiger partial charge in [0, 0.05) is 22.7 Å². The van der Waals surface area contributed by atoms with Gasteiger partial charge in [-0.05, 0) is 32.2 Å². The zero-order valence-electron chi connectivity index (χ0n) is 14.3. The highest BCUT2D eigenvalue weighted by Gasteiger charge is 2.30. The molecule has 0 aromatic carbocycles. The van der Waals surface area contributed by atoms with Gasteiger partial charge < -0.3 is 10.1 Å². The molecule has 3 rings (SSSR count). The number of hydrogen-bond donors (Lipinski definition) is 2. The lowest BCUT2D eigenvalue weighted by Gasteiger charge is -2.35. The number of thiophene rings is 1. The molecule has 3 heterocycles. The molecule has 0 bridgehead atoms. The molecule has 1 aliphatic heterocycles. The van der Waals surface area contributed by atoms with Crippen LogP contribution >= 0.6 is 11.3 Å². The van der Waals surface area contributed by atoms with Crippen molar-refractivity contribution in [2.45, 2.75) is 32.9 Å². The van der Waals surface area contributed by atoms with E-state index in [0.717, 1.165) is 23.5 Å². The van der Waals surface area contributed by atoms with Crippen LogP contribution in [0.25, 0.3) is 0 Å². The van der Waals surface area contributed by atoms with Gasteiger partial charge in [0.25, 0.3) is 0 Å². The average molecular weight is 348 g/mol. The molecule has 1 saturated heterocycles. The van der Waals surface area contributed by atoms with Gasteiger partial charge in [0.05, 0.1) is 37.5 Å². The van der Waals surface area contributed by atoms with Crippen LogP contribution in [0.3, 0.4) is 0 Å². The first-order chi connectivity index (χ1) is 11.6. The number of aryl methyl sites for hydroxylation is 2. The molecule has 0 saturated carbocycles. The van der Waals surface area contributed by atoms with E-state index in [1.807, 2.05) is 38.3 Å². The first-order valence-corrected chi connectivity index (χ1v) is 9.10. The summed E-state index contributed by atoms with van der Waals surface area (Å²) in [6, 6.07) is 4.16. The van der Waals surface area contributed by atoms with E-state index in [0.29, 0.717) is 19.8 Å². The third kappa shape index (κ3) is 3.68. The minimum atomic E-state index is 0.0365. The van der Waals surface area contributed by atoms with Gasteiger partial charge in [-0.15, -0.1) is 11.3 Å². The van der Waals surface area contributed by atoms with E-state index >= 15 is 0 Å². The number of hydrogen-bond acceptors (Lipinski definition) is 5. The number of rotatable bonds is 5. The maximum atomic E-state index is 12.5. The van der Waals surface area contributed by atoms with Crippen molar-refractivity contribution in [3.63, 3.8) is 0 Å². The second-order valence-corrected chi connectivity index (χ2v) is 7.19. The first-order valence-electron chi connectivity index (χ1n) is 8.22. The van der Waals surface area contributed by atoms with E-state index in [9.17, 15) is 4.79 Å². The Bertz CT molecular complexity index is 663. The molecule has 0 spiro atoms. The molecule has 0 radical (unpaired) electrons. The predicted octanol–water partition coefficient (Wildman–Crippen LogP) is 2.34. The molecule has 1 aliphatic rings. The van der Waals surface area contributed by atoms with Crippen molar-refractivity contribution in [2.75, 3.05) is 26.3 Å². The smallest absolute Gasteiger partial charge is 0.234 e. The summed E-state index contributed by atoms with van der Waals surface area (Å²) in [5.41, 5.74) is 3.16. The molecule has 2 atom stereocenters. The fourth-order valence-corrected chi connectivity index (χ4v) is 3.96. The molecular weight excluding hydrogens is 324 g/mol. The van der Waals surface area contributed by atoms with E-state index in [1.165, 1.54) is 4.88 Å². The number of H-pyrrole nitrogens is 1. The lowest BCUT2D eigenvalue weighted by molar-refractivity contribution is -0.125. The summed E-state index contributed by atoms with van der Waals surface area (Å²) in [5.74, 6) is 0.0431. The van der Waals surface area contributed by atoms with Crippen LogP contribution in [-0.4, -0.2) is 47.3 Å². The molecule has 6 nitrogen and oxygen atoms in total. The maximum Gasteiger partial charge on any atom is 0.234 e. The Balaban J connectivity index is 1.67. The van der Waals surface area contributed by atoms with E-state index in [2.05, 4.69) is 20.4 Å². The van der Waals surface area contributed by atoms with E-state index in [1.54, 1.807) is 11.3 Å². The van der Waals surface area contributed by atoms with Crippen LogP contribution in [-0.2, 0) is 9.53 Å². The van der Waals surface area contributed by atoms with E-state index in [-0.39, 0.29) is 18.0 Å². The number of nitrogens with zero attached hydrogens (tertiary/aromatic N) is 2. The average Bonchev–Trinajstić information content (AvgIpc) is 3.19. The van der Waals surface area contributed by atoms with Crippen LogP contribution in [0.5, 0.6) is 0 Å². The number of aromatic nitrogens is 2. The van der Waals surface area contributed by atoms with Crippen molar-refractivity contribution in [1.82, 2.24) is 20.4 Å². The molecular formula is C17H24N4O2S. The van der Waals surface area contributed by atoms with Crippen LogP contribution in [0.1, 0.15) is 40.8 Å². The Labute approximate surface area is 146 Å². The summed E-state index contributed by atoms with van der Waals surface area (Å²) >= 11 is 1.66. The predicted molar refractivity (Wildman–Crippen MR) is 94.1 cm³/mol. The summed E-state index contributed by atoms with van der Waals surface area (Å²) in [6.45, 7) is 8.38. The van der Waals surface area contributed by atoms with Gasteiger partial charge in [0.2, 0.25) is 5.91 Å². The van der Waals surface area contributed by atoms with Crippen molar-refractivity contribution in [3.05, 3.63) is 39.3 Å². The lowest BCUT2D eigenvalue weighted by atomic mass is 10.0. The monoisotopic (exact) mass is 348 g/mol. The molecule has 2 N–H and O–H groups in total. The molecule has 1 fully saturated rings. The van der Waals surface area contributed by atoms with Crippen LogP contribution < -0.4 is 5.32 Å². The van der Waals surface area contributed by atoms with Gasteiger partial charge in [-0.3, -0.25) is 14.8 Å². The van der Waals surface area contributed by atoms with Gasteiger partial charge in [-0.1, -0.05) is 6.07 Å². The second-order valence-electron chi connectivity index (χ2n) is 6.21. The summed E-state index contributed by atoms with van der Waals surface area (Å²) in [5, 5.41) is 12.4. The molecule has 130 valence electrons. The summed E-state index contributed by atoms with van der Waals surface area (Å²) < 4.78 is 5.65. The van der Waals surface area contributed by atoms with Crippen molar-refractivity contribution in [1.29, 1.82) is 0 Å². The number of carbonyl (C=O) groups excluding carboxylic acids is 1. The lowest BCUT2D eigenvalue weighted by Crippen LogP contribution is -2.45. The quantitative estimate of drug-likeness (QED) is 0.870. The maximum absolute atomic E-state index is 12.5. The van der Waals surface area contributed by atoms with Crippen LogP contribution in [0.2, 0.25) is 0 Å². The minimum Gasteiger partial charge on any atom is -0.378 e. The van der Waals surface area contributed by atoms with Gasteiger partial charge in [-0.2, -0.15) is 5.10 Å². The molecule has 2 aromatic rings. The second kappa shape index (κ2) is 7.46. The highest BCUT2D eigenvalue weighted by atomic mass is 32.1. The summed E-state index contributed by atoms with van der Waals surface area (Å²) in [7, 11) is 0. The standard InChI is InChI=1S/C17H24N4O2S/c1-11(15-5-4-8-24-15)18-16(22)9-21-6-7-23-10-14(21)17-12(2)19-20-13(17)3/h4-5,8,11,14H,6-7,9-10H2,1-3H3,(H,18,22)(H,19,20). The molecule has 1 amide bonds. The van der Waals surface area contributed by atoms with Gasteiger partial charge in [0.1, 0.15) is 0 Å². The third-order valence-electron chi connectivity index (χ3n) is 4.45. The SMILES string of the molecule is Cc1n[nH]c(C)c1C1COCCN1CC(=O)NC(C)c1cccs1. The van der Waals surface area contributed by atoms with Gasteiger partial charge in [0.15, 0.2) is 0 Å². The number of nitrogens with one attached hydrogen (secondary N) is 2. The Morgan fingerprint density at radius 3 is 3.08 bits per heavy atom. The molecule has 24 heavy (non-hydrogen) atoms. The summed E-state index contributed by atoms with van der Waals surface area (Å²) in [4.78, 5) is 15.8. The zero-order chi connectivity index (χ0) is 17.1. The van der Waals surface area contributed by atoms with Crippen LogP contribution in [0, 0.1) is 13.8 Å². The van der Waals surface area contributed by atoms with E-state index < -0.39 is 0 Å². The molecule has 2 aromatic heterocycles.